The molecule has 1 aromatic carbocycles. The van der Waals surface area contributed by atoms with Gasteiger partial charge < -0.3 is 15.2 Å². The Hall–Kier alpha value is -2.37. The highest BCUT2D eigenvalue weighted by Gasteiger charge is 2.15. The maximum Gasteiger partial charge on any atom is 0.372 e. The molecule has 0 unspecified atom stereocenters. The first kappa shape index (κ1) is 20.7. The molecule has 1 amide bonds. The quantitative estimate of drug-likeness (QED) is 0.324. The lowest BCUT2D eigenvalue weighted by Gasteiger charge is -2.08. The average Bonchev–Trinajstić information content (AvgIpc) is 2.59. The molecule has 0 aliphatic heterocycles. The van der Waals surface area contributed by atoms with Crippen molar-refractivity contribution in [3.8, 4) is 5.75 Å². The number of ether oxygens (including phenoxy) is 1. The van der Waals surface area contributed by atoms with Gasteiger partial charge in [-0.25, -0.2) is 4.79 Å². The molecule has 0 atom stereocenters. The third-order valence-electron chi connectivity index (χ3n) is 3.69. The third-order valence-corrected chi connectivity index (χ3v) is 3.69. The molecule has 0 bridgehead atoms. The molecule has 1 rings (SSSR count). The van der Waals surface area contributed by atoms with Crippen LogP contribution >= 0.6 is 0 Å². The van der Waals surface area contributed by atoms with E-state index in [1.54, 1.807) is 0 Å². The number of aliphatic carboxylic acids is 1. The van der Waals surface area contributed by atoms with Crippen LogP contribution in [-0.4, -0.2) is 35.9 Å². The maximum atomic E-state index is 11.4. The van der Waals surface area contributed by atoms with Gasteiger partial charge in [0.05, 0.1) is 13.0 Å². The minimum atomic E-state index is -1.58. The van der Waals surface area contributed by atoms with Crippen molar-refractivity contribution in [2.24, 2.45) is 0 Å². The summed E-state index contributed by atoms with van der Waals surface area (Å²) in [5.41, 5.74) is 1.11. The summed E-state index contributed by atoms with van der Waals surface area (Å²) in [6.45, 7) is 3.29. The van der Waals surface area contributed by atoms with Gasteiger partial charge >= 0.3 is 5.97 Å². The van der Waals surface area contributed by atoms with Crippen LogP contribution < -0.4 is 10.1 Å². The first-order chi connectivity index (χ1) is 12.0. The highest BCUT2D eigenvalue weighted by molar-refractivity contribution is 6.36. The van der Waals surface area contributed by atoms with Crippen LogP contribution in [0.2, 0.25) is 0 Å². The summed E-state index contributed by atoms with van der Waals surface area (Å²) >= 11 is 0. The molecular weight excluding hydrogens is 322 g/mol. The number of amides is 1. The standard InChI is InChI=1S/C19H27NO5/c1-2-3-4-5-12-25-16-10-6-8-15(13-16)9-7-11-20-18(22)14-17(21)19(23)24/h6,8,10,13H,2-5,7,9,11-12,14H2,1H3,(H,20,22)(H,23,24). The van der Waals surface area contributed by atoms with Crippen molar-refractivity contribution in [2.45, 2.75) is 51.9 Å². The summed E-state index contributed by atoms with van der Waals surface area (Å²) in [5.74, 6) is -2.38. The molecule has 0 aliphatic rings. The number of carboxylic acid groups (broad SMARTS) is 1. The van der Waals surface area contributed by atoms with E-state index < -0.39 is 24.1 Å². The number of Topliss-reactive ketones (excluding diaryl/α,β-unsaturated/α-hetero) is 1. The fraction of sp³-hybridized carbons (Fsp3) is 0.526. The normalized spacial score (nSPS) is 10.3. The van der Waals surface area contributed by atoms with Crippen molar-refractivity contribution in [3.05, 3.63) is 29.8 Å². The molecule has 0 heterocycles. The van der Waals surface area contributed by atoms with E-state index in [1.165, 1.54) is 19.3 Å². The third kappa shape index (κ3) is 9.49. The number of aryl methyl sites for hydroxylation is 1. The molecule has 2 N–H and O–H groups in total. The Kier molecular flexibility index (Phi) is 9.97. The topological polar surface area (TPSA) is 92.7 Å². The summed E-state index contributed by atoms with van der Waals surface area (Å²) in [6.07, 6.45) is 5.52. The van der Waals surface area contributed by atoms with Crippen molar-refractivity contribution < 1.29 is 24.2 Å². The van der Waals surface area contributed by atoms with Crippen LogP contribution in [0.4, 0.5) is 0 Å². The van der Waals surface area contributed by atoms with Crippen LogP contribution in [0.25, 0.3) is 0 Å². The maximum absolute atomic E-state index is 11.4. The molecule has 0 aromatic heterocycles. The highest BCUT2D eigenvalue weighted by atomic mass is 16.5. The van der Waals surface area contributed by atoms with Crippen molar-refractivity contribution in [1.29, 1.82) is 0 Å². The Morgan fingerprint density at radius 1 is 1.12 bits per heavy atom. The van der Waals surface area contributed by atoms with Gasteiger partial charge in [0.15, 0.2) is 0 Å². The first-order valence-electron chi connectivity index (χ1n) is 8.77. The molecule has 0 fully saturated rings. The zero-order chi connectivity index (χ0) is 18.5. The number of benzene rings is 1. The fourth-order valence-corrected chi connectivity index (χ4v) is 2.31. The number of unbranched alkanes of at least 4 members (excludes halogenated alkanes) is 3. The van der Waals surface area contributed by atoms with Crippen LogP contribution in [0.3, 0.4) is 0 Å². The second-order valence-corrected chi connectivity index (χ2v) is 5.92. The van der Waals surface area contributed by atoms with Gasteiger partial charge in [-0.3, -0.25) is 9.59 Å². The molecule has 0 spiro atoms. The summed E-state index contributed by atoms with van der Waals surface area (Å²) in [5, 5.41) is 11.0. The van der Waals surface area contributed by atoms with Crippen LogP contribution in [0.1, 0.15) is 51.0 Å². The van der Waals surface area contributed by atoms with E-state index in [1.807, 2.05) is 24.3 Å². The minimum absolute atomic E-state index is 0.397. The number of carbonyl (C=O) groups excluding carboxylic acids is 2. The van der Waals surface area contributed by atoms with Gasteiger partial charge in [0.25, 0.3) is 0 Å². The predicted molar refractivity (Wildman–Crippen MR) is 94.7 cm³/mol. The van der Waals surface area contributed by atoms with Crippen LogP contribution in [0.5, 0.6) is 5.75 Å². The Labute approximate surface area is 148 Å². The molecule has 138 valence electrons. The van der Waals surface area contributed by atoms with Crippen LogP contribution in [0.15, 0.2) is 24.3 Å². The number of nitrogens with one attached hydrogen (secondary N) is 1. The van der Waals surface area contributed by atoms with Gasteiger partial charge in [-0.1, -0.05) is 38.3 Å². The average molecular weight is 349 g/mol. The number of hydrogen-bond acceptors (Lipinski definition) is 4. The number of carbonyl (C=O) groups is 3. The van der Waals surface area contributed by atoms with Crippen molar-refractivity contribution in [1.82, 2.24) is 5.32 Å². The van der Waals surface area contributed by atoms with Gasteiger partial charge in [-0.2, -0.15) is 0 Å². The SMILES string of the molecule is CCCCCCOc1cccc(CCCNC(=O)CC(=O)C(=O)O)c1. The lowest BCUT2D eigenvalue weighted by Crippen LogP contribution is -2.29. The van der Waals surface area contributed by atoms with Crippen LogP contribution in [-0.2, 0) is 20.8 Å². The van der Waals surface area contributed by atoms with Gasteiger partial charge in [0.2, 0.25) is 11.7 Å². The number of hydrogen-bond donors (Lipinski definition) is 2. The van der Waals surface area contributed by atoms with Gasteiger partial charge in [0.1, 0.15) is 5.75 Å². The minimum Gasteiger partial charge on any atom is -0.494 e. The molecule has 0 aliphatic carbocycles. The Balaban J connectivity index is 2.24. The Morgan fingerprint density at radius 3 is 2.64 bits per heavy atom. The van der Waals surface area contributed by atoms with E-state index in [4.69, 9.17) is 9.84 Å². The van der Waals surface area contributed by atoms with E-state index in [0.717, 1.165) is 30.8 Å². The van der Waals surface area contributed by atoms with Gasteiger partial charge in [0, 0.05) is 6.54 Å². The van der Waals surface area contributed by atoms with E-state index in [2.05, 4.69) is 12.2 Å². The summed E-state index contributed by atoms with van der Waals surface area (Å²) in [7, 11) is 0. The molecule has 1 aromatic rings. The molecule has 6 heteroatoms. The fourth-order valence-electron chi connectivity index (χ4n) is 2.31. The lowest BCUT2D eigenvalue weighted by molar-refractivity contribution is -0.150. The lowest BCUT2D eigenvalue weighted by atomic mass is 10.1. The summed E-state index contributed by atoms with van der Waals surface area (Å²) in [4.78, 5) is 32.7. The second kappa shape index (κ2) is 12.1. The number of ketones is 1. The predicted octanol–water partition coefficient (Wildman–Crippen LogP) is 2.74. The molecular formula is C19H27NO5. The highest BCUT2D eigenvalue weighted by Crippen LogP contribution is 2.15. The van der Waals surface area contributed by atoms with Crippen molar-refractivity contribution >= 4 is 17.7 Å². The van der Waals surface area contributed by atoms with E-state index in [0.29, 0.717) is 13.0 Å². The summed E-state index contributed by atoms with van der Waals surface area (Å²) in [6, 6.07) is 7.87. The summed E-state index contributed by atoms with van der Waals surface area (Å²) < 4.78 is 5.74. The molecule has 0 saturated carbocycles. The number of rotatable bonds is 13. The zero-order valence-electron chi connectivity index (χ0n) is 14.8. The number of carboxylic acids is 1. The van der Waals surface area contributed by atoms with E-state index in [-0.39, 0.29) is 0 Å². The monoisotopic (exact) mass is 349 g/mol. The van der Waals surface area contributed by atoms with Gasteiger partial charge in [-0.15, -0.1) is 0 Å². The smallest absolute Gasteiger partial charge is 0.372 e. The van der Waals surface area contributed by atoms with Crippen molar-refractivity contribution in [2.75, 3.05) is 13.2 Å². The Bertz CT molecular complexity index is 571. The molecule has 25 heavy (non-hydrogen) atoms. The molecule has 0 saturated heterocycles. The van der Waals surface area contributed by atoms with Crippen LogP contribution in [0, 0.1) is 0 Å². The Morgan fingerprint density at radius 2 is 1.92 bits per heavy atom. The van der Waals surface area contributed by atoms with Gasteiger partial charge in [-0.05, 0) is 37.0 Å². The first-order valence-corrected chi connectivity index (χ1v) is 8.77. The van der Waals surface area contributed by atoms with E-state index in [9.17, 15) is 14.4 Å². The molecule has 6 nitrogen and oxygen atoms in total. The molecule has 0 radical (unpaired) electrons. The van der Waals surface area contributed by atoms with Crippen molar-refractivity contribution in [3.63, 3.8) is 0 Å². The zero-order valence-corrected chi connectivity index (χ0v) is 14.8. The largest absolute Gasteiger partial charge is 0.494 e. The van der Waals surface area contributed by atoms with E-state index >= 15 is 0 Å². The second-order valence-electron chi connectivity index (χ2n) is 5.92.